The summed E-state index contributed by atoms with van der Waals surface area (Å²) >= 11 is 7.18. The van der Waals surface area contributed by atoms with E-state index in [4.69, 9.17) is 22.1 Å². The van der Waals surface area contributed by atoms with Gasteiger partial charge in [0.05, 0.1) is 0 Å². The lowest BCUT2D eigenvalue weighted by Crippen LogP contribution is -2.01. The van der Waals surface area contributed by atoms with Gasteiger partial charge in [0.1, 0.15) is 6.61 Å². The molecule has 2 N–H and O–H groups in total. The summed E-state index contributed by atoms with van der Waals surface area (Å²) in [7, 11) is 0. The van der Waals surface area contributed by atoms with Gasteiger partial charge in [-0.3, -0.25) is 0 Å². The van der Waals surface area contributed by atoms with Crippen LogP contribution in [0.1, 0.15) is 27.2 Å². The van der Waals surface area contributed by atoms with Gasteiger partial charge in [-0.15, -0.1) is 5.10 Å². The van der Waals surface area contributed by atoms with Crippen LogP contribution in [0, 0.1) is 0 Å². The summed E-state index contributed by atoms with van der Waals surface area (Å²) in [5.41, 5.74) is 7.83. The molecule has 4 nitrogen and oxygen atoms in total. The van der Waals surface area contributed by atoms with Crippen molar-refractivity contribution in [3.05, 3.63) is 34.4 Å². The number of nitrogens with zero attached hydrogens (tertiary/aromatic N) is 2. The summed E-state index contributed by atoms with van der Waals surface area (Å²) in [4.78, 5) is 0. The number of aromatic nitrogens is 2. The van der Waals surface area contributed by atoms with Gasteiger partial charge in [0.15, 0.2) is 0 Å². The minimum Gasteiger partial charge on any atom is -0.464 e. The predicted octanol–water partition coefficient (Wildman–Crippen LogP) is 3.92. The molecule has 0 bridgehead atoms. The summed E-state index contributed by atoms with van der Waals surface area (Å²) < 4.78 is 5.57. The second-order valence-corrected chi connectivity index (χ2v) is 5.27. The maximum absolute atomic E-state index is 5.95. The second kappa shape index (κ2) is 7.96. The molecular weight excluding hydrogens is 282 g/mol. The number of hydrogen-bond donors (Lipinski definition) is 1. The van der Waals surface area contributed by atoms with Gasteiger partial charge in [-0.2, -0.15) is 0 Å². The highest BCUT2D eigenvalue weighted by molar-refractivity contribution is 7.16. The highest BCUT2D eigenvalue weighted by Crippen LogP contribution is 2.21. The maximum atomic E-state index is 5.95. The normalized spacial score (nSPS) is 13.8. The fourth-order valence-electron chi connectivity index (χ4n) is 1.24. The predicted molar refractivity (Wildman–Crippen MR) is 81.6 cm³/mol. The Labute approximate surface area is 122 Å². The highest BCUT2D eigenvalue weighted by atomic mass is 35.5. The Bertz CT molecular complexity index is 506. The topological polar surface area (TPSA) is 61.0 Å². The standard InChI is InChI=1S/C13H18ClN3OS/c1-4-9(3)10(6-7-11(14)5-2)8-18-13-17-16-12(15)19-13/h5-7H,4,8H2,1-3H3,(H2,15,16)/b7-6-,10-9+,11-5+. The van der Waals surface area contributed by atoms with Gasteiger partial charge in [0.25, 0.3) is 5.19 Å². The number of halogens is 1. The van der Waals surface area contributed by atoms with Crippen LogP contribution in [0.2, 0.25) is 0 Å². The number of ether oxygens (including phenoxy) is 1. The largest absolute Gasteiger partial charge is 0.464 e. The number of nitrogen functional groups attached to an aromatic ring is 1. The molecule has 6 heteroatoms. The van der Waals surface area contributed by atoms with Crippen LogP contribution < -0.4 is 10.5 Å². The number of rotatable bonds is 6. The molecule has 0 saturated carbocycles. The molecule has 0 aromatic carbocycles. The van der Waals surface area contributed by atoms with Crippen LogP contribution in [-0.4, -0.2) is 16.8 Å². The molecule has 1 aromatic heterocycles. The van der Waals surface area contributed by atoms with Crippen molar-refractivity contribution in [2.24, 2.45) is 0 Å². The molecule has 19 heavy (non-hydrogen) atoms. The molecule has 0 radical (unpaired) electrons. The van der Waals surface area contributed by atoms with E-state index in [0.29, 0.717) is 22.0 Å². The molecule has 0 aliphatic carbocycles. The summed E-state index contributed by atoms with van der Waals surface area (Å²) in [5.74, 6) is 0. The van der Waals surface area contributed by atoms with Crippen molar-refractivity contribution >= 4 is 28.1 Å². The summed E-state index contributed by atoms with van der Waals surface area (Å²) in [6.45, 7) is 6.49. The van der Waals surface area contributed by atoms with E-state index in [0.717, 1.165) is 12.0 Å². The smallest absolute Gasteiger partial charge is 0.296 e. The number of anilines is 1. The van der Waals surface area contributed by atoms with Crippen LogP contribution in [0.25, 0.3) is 0 Å². The molecule has 0 aliphatic rings. The Morgan fingerprint density at radius 2 is 2.16 bits per heavy atom. The number of hydrogen-bond acceptors (Lipinski definition) is 5. The monoisotopic (exact) mass is 299 g/mol. The average molecular weight is 300 g/mol. The zero-order valence-corrected chi connectivity index (χ0v) is 12.9. The van der Waals surface area contributed by atoms with Crippen LogP contribution in [0.4, 0.5) is 5.13 Å². The highest BCUT2D eigenvalue weighted by Gasteiger charge is 2.04. The molecule has 0 aliphatic heterocycles. The minimum atomic E-state index is 0.403. The fourth-order valence-corrected chi connectivity index (χ4v) is 1.76. The molecular formula is C13H18ClN3OS. The SMILES string of the molecule is C\C=C(Cl)/C=C\C(COc1nnc(N)s1)=C(\C)CC. The first kappa shape index (κ1) is 15.7. The van der Waals surface area contributed by atoms with E-state index in [1.165, 1.54) is 16.9 Å². The van der Waals surface area contributed by atoms with Crippen LogP contribution in [0.3, 0.4) is 0 Å². The van der Waals surface area contributed by atoms with E-state index in [-0.39, 0.29) is 0 Å². The van der Waals surface area contributed by atoms with Crippen molar-refractivity contribution in [1.29, 1.82) is 0 Å². The first-order chi connectivity index (χ1) is 9.06. The minimum absolute atomic E-state index is 0.403. The van der Waals surface area contributed by atoms with Crippen LogP contribution in [-0.2, 0) is 0 Å². The molecule has 104 valence electrons. The van der Waals surface area contributed by atoms with Gasteiger partial charge < -0.3 is 10.5 Å². The van der Waals surface area contributed by atoms with Crippen molar-refractivity contribution in [1.82, 2.24) is 10.2 Å². The van der Waals surface area contributed by atoms with Crippen LogP contribution in [0.5, 0.6) is 5.19 Å². The first-order valence-electron chi connectivity index (χ1n) is 5.97. The van der Waals surface area contributed by atoms with E-state index < -0.39 is 0 Å². The lowest BCUT2D eigenvalue weighted by molar-refractivity contribution is 0.349. The van der Waals surface area contributed by atoms with Gasteiger partial charge in [-0.05, 0) is 43.3 Å². The van der Waals surface area contributed by atoms with Crippen LogP contribution >= 0.6 is 22.9 Å². The molecule has 0 unspecified atom stereocenters. The summed E-state index contributed by atoms with van der Waals surface area (Å²) in [6, 6.07) is 0. The number of nitrogens with two attached hydrogens (primary N) is 1. The van der Waals surface area contributed by atoms with E-state index >= 15 is 0 Å². The summed E-state index contributed by atoms with van der Waals surface area (Å²) in [6.07, 6.45) is 6.61. The Kier molecular flexibility index (Phi) is 6.59. The lowest BCUT2D eigenvalue weighted by Gasteiger charge is -2.07. The summed E-state index contributed by atoms with van der Waals surface area (Å²) in [5, 5.41) is 9.10. The van der Waals surface area contributed by atoms with Crippen molar-refractivity contribution in [3.63, 3.8) is 0 Å². The Balaban J connectivity index is 2.74. The molecule has 0 saturated heterocycles. The number of allylic oxidation sites excluding steroid dienone is 4. The van der Waals surface area contributed by atoms with Gasteiger partial charge in [0.2, 0.25) is 5.13 Å². The Hall–Kier alpha value is -1.33. The zero-order chi connectivity index (χ0) is 14.3. The maximum Gasteiger partial charge on any atom is 0.296 e. The van der Waals surface area contributed by atoms with Gasteiger partial charge >= 0.3 is 0 Å². The molecule has 1 heterocycles. The van der Waals surface area contributed by atoms with E-state index in [1.54, 1.807) is 0 Å². The van der Waals surface area contributed by atoms with Crippen molar-refractivity contribution in [2.45, 2.75) is 27.2 Å². The first-order valence-corrected chi connectivity index (χ1v) is 7.16. The Morgan fingerprint density at radius 1 is 1.42 bits per heavy atom. The molecule has 0 atom stereocenters. The average Bonchev–Trinajstić information content (AvgIpc) is 2.83. The third-order valence-corrected chi connectivity index (χ3v) is 3.58. The van der Waals surface area contributed by atoms with Crippen molar-refractivity contribution in [2.75, 3.05) is 12.3 Å². The van der Waals surface area contributed by atoms with Gasteiger partial charge in [-0.1, -0.05) is 41.3 Å². The van der Waals surface area contributed by atoms with Crippen molar-refractivity contribution in [3.8, 4) is 5.19 Å². The lowest BCUT2D eigenvalue weighted by atomic mass is 10.1. The molecule has 0 amide bonds. The third-order valence-electron chi connectivity index (χ3n) is 2.57. The van der Waals surface area contributed by atoms with E-state index in [2.05, 4.69) is 24.0 Å². The molecule has 1 aromatic rings. The molecule has 0 spiro atoms. The van der Waals surface area contributed by atoms with Gasteiger partial charge in [0, 0.05) is 5.03 Å². The molecule has 0 fully saturated rings. The third kappa shape index (κ3) is 5.44. The van der Waals surface area contributed by atoms with Crippen LogP contribution in [0.15, 0.2) is 34.4 Å². The van der Waals surface area contributed by atoms with E-state index in [9.17, 15) is 0 Å². The van der Waals surface area contributed by atoms with Crippen molar-refractivity contribution < 1.29 is 4.74 Å². The van der Waals surface area contributed by atoms with E-state index in [1.807, 2.05) is 25.2 Å². The Morgan fingerprint density at radius 3 is 2.68 bits per heavy atom. The zero-order valence-electron chi connectivity index (χ0n) is 11.3. The quantitative estimate of drug-likeness (QED) is 0.809. The van der Waals surface area contributed by atoms with Gasteiger partial charge in [-0.25, -0.2) is 0 Å². The second-order valence-electron chi connectivity index (χ2n) is 3.86. The molecule has 1 rings (SSSR count). The fraction of sp³-hybridized carbons (Fsp3) is 0.385.